The van der Waals surface area contributed by atoms with Crippen LogP contribution in [0.4, 0.5) is 5.82 Å². The van der Waals surface area contributed by atoms with Crippen molar-refractivity contribution in [2.45, 2.75) is 38.0 Å². The monoisotopic (exact) mass is 425 g/mol. The summed E-state index contributed by atoms with van der Waals surface area (Å²) in [4.78, 5) is 4.61. The van der Waals surface area contributed by atoms with E-state index >= 15 is 0 Å². The molecule has 1 aromatic heterocycles. The van der Waals surface area contributed by atoms with Gasteiger partial charge in [-0.2, -0.15) is 0 Å². The first-order valence-corrected chi connectivity index (χ1v) is 10.2. The molecule has 0 aliphatic carbocycles. The van der Waals surface area contributed by atoms with E-state index in [1.165, 1.54) is 4.31 Å². The van der Waals surface area contributed by atoms with E-state index in [1.807, 2.05) is 25.1 Å². The van der Waals surface area contributed by atoms with Crippen LogP contribution < -0.4 is 9.62 Å². The molecule has 0 saturated heterocycles. The second-order valence-electron chi connectivity index (χ2n) is 6.92. The lowest BCUT2D eigenvalue weighted by Crippen LogP contribution is -2.38. The van der Waals surface area contributed by atoms with Gasteiger partial charge in [-0.15, -0.1) is 0 Å². The van der Waals surface area contributed by atoms with Crippen LogP contribution in [0.5, 0.6) is 0 Å². The molecule has 0 saturated carbocycles. The van der Waals surface area contributed by atoms with Crippen molar-refractivity contribution in [3.8, 4) is 0 Å². The number of pyridine rings is 1. The fourth-order valence-electron chi connectivity index (χ4n) is 2.32. The zero-order chi connectivity index (χ0) is 18.8. The molecule has 1 N–H and O–H groups in total. The topological polar surface area (TPSA) is 62.3 Å². The van der Waals surface area contributed by atoms with Crippen molar-refractivity contribution in [2.24, 2.45) is 0 Å². The Bertz CT molecular complexity index is 844. The van der Waals surface area contributed by atoms with E-state index in [0.717, 1.165) is 11.1 Å². The van der Waals surface area contributed by atoms with Gasteiger partial charge >= 0.3 is 0 Å². The summed E-state index contributed by atoms with van der Waals surface area (Å²) in [5, 5.41) is 2.90. The molecule has 7 heteroatoms. The number of anilines is 1. The Hall–Kier alpha value is -1.44. The zero-order valence-electron chi connectivity index (χ0n) is 15.2. The van der Waals surface area contributed by atoms with Gasteiger partial charge in [0.1, 0.15) is 10.4 Å². The Labute approximate surface area is 158 Å². The van der Waals surface area contributed by atoms with Gasteiger partial charge < -0.3 is 5.32 Å². The summed E-state index contributed by atoms with van der Waals surface area (Å²) < 4.78 is 28.1. The summed E-state index contributed by atoms with van der Waals surface area (Å²) in [5.74, 6) is 0.367. The highest BCUT2D eigenvalue weighted by Gasteiger charge is 2.26. The quantitative estimate of drug-likeness (QED) is 0.583. The Morgan fingerprint density at radius 1 is 1.12 bits per heavy atom. The van der Waals surface area contributed by atoms with Crippen molar-refractivity contribution in [2.75, 3.05) is 18.0 Å². The number of sulfonamides is 1. The molecule has 1 aromatic carbocycles. The van der Waals surface area contributed by atoms with Gasteiger partial charge in [0.25, 0.3) is 10.0 Å². The van der Waals surface area contributed by atoms with Crippen LogP contribution in [-0.4, -0.2) is 27.1 Å². The van der Waals surface area contributed by atoms with E-state index in [1.54, 1.807) is 25.2 Å². The molecule has 5 nitrogen and oxygen atoms in total. The lowest BCUT2D eigenvalue weighted by Gasteiger charge is -2.24. The third kappa shape index (κ3) is 4.40. The van der Waals surface area contributed by atoms with E-state index in [0.29, 0.717) is 10.4 Å². The van der Waals surface area contributed by atoms with Crippen molar-refractivity contribution in [3.05, 3.63) is 52.1 Å². The highest BCUT2D eigenvalue weighted by molar-refractivity contribution is 9.10. The highest BCUT2D eigenvalue weighted by Crippen LogP contribution is 2.27. The predicted molar refractivity (Wildman–Crippen MR) is 105 cm³/mol. The Morgan fingerprint density at radius 3 is 2.20 bits per heavy atom. The largest absolute Gasteiger partial charge is 0.302 e. The van der Waals surface area contributed by atoms with Crippen molar-refractivity contribution < 1.29 is 8.42 Å². The number of nitrogens with one attached hydrogen (secondary N) is 1. The summed E-state index contributed by atoms with van der Waals surface area (Å²) in [7, 11) is -2.02. The molecule has 0 unspecified atom stereocenters. The Morgan fingerprint density at radius 2 is 1.72 bits per heavy atom. The van der Waals surface area contributed by atoms with Crippen LogP contribution in [-0.2, 0) is 15.4 Å². The standard InChI is InChI=1S/C18H24BrN3O2S/c1-13-6-11-16(21-17(13)19)22(12-20-5)25(23,24)15-9-7-14(8-10-15)18(2,3)4/h6-11,20H,12H2,1-5H3. The summed E-state index contributed by atoms with van der Waals surface area (Å²) in [5.41, 5.74) is 2.00. The van der Waals surface area contributed by atoms with E-state index in [9.17, 15) is 8.42 Å². The van der Waals surface area contributed by atoms with Crippen LogP contribution in [0.15, 0.2) is 45.9 Å². The second-order valence-corrected chi connectivity index (χ2v) is 9.53. The number of hydrogen-bond donors (Lipinski definition) is 1. The maximum absolute atomic E-state index is 13.1. The van der Waals surface area contributed by atoms with Crippen LogP contribution in [0.3, 0.4) is 0 Å². The summed E-state index contributed by atoms with van der Waals surface area (Å²) in [6, 6.07) is 10.6. The van der Waals surface area contributed by atoms with Crippen molar-refractivity contribution in [3.63, 3.8) is 0 Å². The normalized spacial score (nSPS) is 12.2. The number of nitrogens with zero attached hydrogens (tertiary/aromatic N) is 2. The van der Waals surface area contributed by atoms with E-state index in [2.05, 4.69) is 47.0 Å². The lowest BCUT2D eigenvalue weighted by molar-refractivity contribution is 0.582. The maximum Gasteiger partial charge on any atom is 0.266 e. The molecule has 0 amide bonds. The van der Waals surface area contributed by atoms with Gasteiger partial charge in [0.15, 0.2) is 0 Å². The number of rotatable bonds is 5. The summed E-state index contributed by atoms with van der Waals surface area (Å²) in [6.07, 6.45) is 0. The van der Waals surface area contributed by atoms with Crippen molar-refractivity contribution in [1.29, 1.82) is 0 Å². The maximum atomic E-state index is 13.1. The van der Waals surface area contributed by atoms with Crippen LogP contribution in [0, 0.1) is 6.92 Å². The molecule has 0 bridgehead atoms. The van der Waals surface area contributed by atoms with Crippen LogP contribution >= 0.6 is 15.9 Å². The lowest BCUT2D eigenvalue weighted by atomic mass is 9.87. The molecule has 25 heavy (non-hydrogen) atoms. The molecule has 2 rings (SSSR count). The third-order valence-corrected chi connectivity index (χ3v) is 6.45. The fourth-order valence-corrected chi connectivity index (χ4v) is 4.02. The van der Waals surface area contributed by atoms with Gasteiger partial charge in [-0.05, 0) is 64.6 Å². The first-order chi connectivity index (χ1) is 11.6. The Balaban J connectivity index is 2.47. The van der Waals surface area contributed by atoms with Crippen LogP contribution in [0.25, 0.3) is 0 Å². The molecule has 0 aliphatic heterocycles. The van der Waals surface area contributed by atoms with E-state index in [-0.39, 0.29) is 17.0 Å². The SMILES string of the molecule is CNCN(c1ccc(C)c(Br)n1)S(=O)(=O)c1ccc(C(C)(C)C)cc1. The van der Waals surface area contributed by atoms with Gasteiger partial charge in [0.2, 0.25) is 0 Å². The van der Waals surface area contributed by atoms with Crippen LogP contribution in [0.1, 0.15) is 31.9 Å². The average molecular weight is 426 g/mol. The molecule has 2 aromatic rings. The van der Waals surface area contributed by atoms with Gasteiger partial charge in [-0.3, -0.25) is 0 Å². The first kappa shape index (κ1) is 19.9. The molecular formula is C18H24BrN3O2S. The van der Waals surface area contributed by atoms with Crippen molar-refractivity contribution >= 4 is 31.8 Å². The highest BCUT2D eigenvalue weighted by atomic mass is 79.9. The molecule has 1 heterocycles. The van der Waals surface area contributed by atoms with Gasteiger partial charge in [-0.1, -0.05) is 39.0 Å². The Kier molecular flexibility index (Phi) is 5.91. The molecular weight excluding hydrogens is 402 g/mol. The molecule has 0 atom stereocenters. The second kappa shape index (κ2) is 7.43. The fraction of sp³-hybridized carbons (Fsp3) is 0.389. The predicted octanol–water partition coefficient (Wildman–Crippen LogP) is 3.82. The molecule has 0 aliphatic rings. The number of benzene rings is 1. The third-order valence-electron chi connectivity index (χ3n) is 3.89. The van der Waals surface area contributed by atoms with Gasteiger partial charge in [0, 0.05) is 0 Å². The van der Waals surface area contributed by atoms with E-state index < -0.39 is 10.0 Å². The number of aryl methyl sites for hydroxylation is 1. The van der Waals surface area contributed by atoms with Crippen molar-refractivity contribution in [1.82, 2.24) is 10.3 Å². The van der Waals surface area contributed by atoms with Crippen LogP contribution in [0.2, 0.25) is 0 Å². The molecule has 0 fully saturated rings. The van der Waals surface area contributed by atoms with E-state index in [4.69, 9.17) is 0 Å². The molecule has 136 valence electrons. The first-order valence-electron chi connectivity index (χ1n) is 7.98. The number of hydrogen-bond acceptors (Lipinski definition) is 4. The van der Waals surface area contributed by atoms with Gasteiger partial charge in [0.05, 0.1) is 11.6 Å². The smallest absolute Gasteiger partial charge is 0.266 e. The van der Waals surface area contributed by atoms with Gasteiger partial charge in [-0.25, -0.2) is 17.7 Å². The number of aromatic nitrogens is 1. The number of halogens is 1. The molecule has 0 radical (unpaired) electrons. The minimum Gasteiger partial charge on any atom is -0.302 e. The zero-order valence-corrected chi connectivity index (χ0v) is 17.6. The minimum atomic E-state index is -3.72. The summed E-state index contributed by atoms with van der Waals surface area (Å²) in [6.45, 7) is 8.32. The summed E-state index contributed by atoms with van der Waals surface area (Å²) >= 11 is 3.37. The molecule has 0 spiro atoms. The minimum absolute atomic E-state index is 0.0314. The average Bonchev–Trinajstić information content (AvgIpc) is 2.54.